The van der Waals surface area contributed by atoms with E-state index in [-0.39, 0.29) is 17.7 Å². The molecule has 0 spiro atoms. The van der Waals surface area contributed by atoms with E-state index in [0.29, 0.717) is 0 Å². The molecule has 1 heterocycles. The minimum Gasteiger partial charge on any atom is -0.347 e. The molecule has 2 N–H and O–H groups in total. The minimum absolute atomic E-state index is 0.119. The zero-order valence-corrected chi connectivity index (χ0v) is 10.1. The lowest BCUT2D eigenvalue weighted by atomic mass is 10.0. The predicted molar refractivity (Wildman–Crippen MR) is 58.7 cm³/mol. The van der Waals surface area contributed by atoms with Crippen LogP contribution in [0.1, 0.15) is 26.5 Å². The molecule has 0 aliphatic rings. The van der Waals surface area contributed by atoms with Crippen molar-refractivity contribution >= 4 is 10.0 Å². The standard InChI is InChI=1S/C9H17N3O2S/c1-9(2,3)6-15(13,14)12-5-8-4-10-7-11-8/h4,7,12H,5-6H2,1-3H3,(H,10,11). The molecule has 5 nitrogen and oxygen atoms in total. The second kappa shape index (κ2) is 4.32. The van der Waals surface area contributed by atoms with Crippen molar-refractivity contribution in [3.63, 3.8) is 0 Å². The average Bonchev–Trinajstić information content (AvgIpc) is 2.47. The molecule has 0 saturated carbocycles. The zero-order chi connectivity index (χ0) is 11.5. The first-order chi connectivity index (χ1) is 6.79. The van der Waals surface area contributed by atoms with Crippen LogP contribution < -0.4 is 4.72 Å². The molecule has 0 unspecified atom stereocenters. The van der Waals surface area contributed by atoms with Gasteiger partial charge in [-0.1, -0.05) is 20.8 Å². The highest BCUT2D eigenvalue weighted by molar-refractivity contribution is 7.89. The average molecular weight is 231 g/mol. The topological polar surface area (TPSA) is 74.8 Å². The van der Waals surface area contributed by atoms with Gasteiger partial charge < -0.3 is 4.98 Å². The van der Waals surface area contributed by atoms with Crippen molar-refractivity contribution in [2.24, 2.45) is 5.41 Å². The third kappa shape index (κ3) is 4.94. The first kappa shape index (κ1) is 12.2. The summed E-state index contributed by atoms with van der Waals surface area (Å²) >= 11 is 0. The maximum absolute atomic E-state index is 11.6. The fraction of sp³-hybridized carbons (Fsp3) is 0.667. The van der Waals surface area contributed by atoms with Gasteiger partial charge in [-0.3, -0.25) is 0 Å². The van der Waals surface area contributed by atoms with E-state index in [1.807, 2.05) is 20.8 Å². The van der Waals surface area contributed by atoms with Crippen LogP contribution in [-0.2, 0) is 16.6 Å². The number of nitrogens with zero attached hydrogens (tertiary/aromatic N) is 1. The molecule has 0 bridgehead atoms. The van der Waals surface area contributed by atoms with Gasteiger partial charge >= 0.3 is 0 Å². The van der Waals surface area contributed by atoms with Crippen LogP contribution in [0.5, 0.6) is 0 Å². The van der Waals surface area contributed by atoms with Gasteiger partial charge in [0.05, 0.1) is 18.6 Å². The van der Waals surface area contributed by atoms with Crippen LogP contribution in [0.2, 0.25) is 0 Å². The highest BCUT2D eigenvalue weighted by Gasteiger charge is 2.21. The monoisotopic (exact) mass is 231 g/mol. The number of sulfonamides is 1. The summed E-state index contributed by atoms with van der Waals surface area (Å²) < 4.78 is 25.7. The largest absolute Gasteiger partial charge is 0.347 e. The second-order valence-corrected chi connectivity index (χ2v) is 6.52. The number of nitrogens with one attached hydrogen (secondary N) is 2. The molecule has 6 heteroatoms. The molecule has 0 saturated heterocycles. The van der Waals surface area contributed by atoms with Crippen LogP contribution in [0, 0.1) is 5.41 Å². The fourth-order valence-corrected chi connectivity index (χ4v) is 2.81. The summed E-state index contributed by atoms with van der Waals surface area (Å²) in [7, 11) is -3.21. The molecule has 86 valence electrons. The third-order valence-corrected chi connectivity index (χ3v) is 3.49. The molecular weight excluding hydrogens is 214 g/mol. The minimum atomic E-state index is -3.21. The predicted octanol–water partition coefficient (Wildman–Crippen LogP) is 0.875. The second-order valence-electron chi connectivity index (χ2n) is 4.72. The number of imidazole rings is 1. The van der Waals surface area contributed by atoms with Gasteiger partial charge in [-0.15, -0.1) is 0 Å². The van der Waals surface area contributed by atoms with E-state index in [1.165, 1.54) is 6.33 Å². The van der Waals surface area contributed by atoms with Crippen LogP contribution in [0.25, 0.3) is 0 Å². The SMILES string of the molecule is CC(C)(C)CS(=O)(=O)NCc1cnc[nH]1. The number of hydrogen-bond acceptors (Lipinski definition) is 3. The molecular formula is C9H17N3O2S. The van der Waals surface area contributed by atoms with E-state index in [4.69, 9.17) is 0 Å². The van der Waals surface area contributed by atoms with E-state index in [9.17, 15) is 8.42 Å². The lowest BCUT2D eigenvalue weighted by Gasteiger charge is -2.18. The molecule has 1 aromatic heterocycles. The van der Waals surface area contributed by atoms with Crippen LogP contribution in [-0.4, -0.2) is 24.1 Å². The van der Waals surface area contributed by atoms with Crippen molar-refractivity contribution in [1.82, 2.24) is 14.7 Å². The molecule has 0 atom stereocenters. The number of hydrogen-bond donors (Lipinski definition) is 2. The third-order valence-electron chi connectivity index (χ3n) is 1.66. The Morgan fingerprint density at radius 2 is 2.13 bits per heavy atom. The van der Waals surface area contributed by atoms with Crippen LogP contribution in [0.15, 0.2) is 12.5 Å². The summed E-state index contributed by atoms with van der Waals surface area (Å²) in [6, 6.07) is 0. The lowest BCUT2D eigenvalue weighted by molar-refractivity contribution is 0.458. The molecule has 1 rings (SSSR count). The Labute approximate surface area is 90.4 Å². The number of rotatable bonds is 4. The van der Waals surface area contributed by atoms with Crippen molar-refractivity contribution in [3.8, 4) is 0 Å². The lowest BCUT2D eigenvalue weighted by Crippen LogP contribution is -2.32. The normalized spacial score (nSPS) is 13.0. The van der Waals surface area contributed by atoms with E-state index >= 15 is 0 Å². The Kier molecular flexibility index (Phi) is 3.51. The van der Waals surface area contributed by atoms with E-state index in [1.54, 1.807) is 6.20 Å². The maximum Gasteiger partial charge on any atom is 0.212 e. The summed E-state index contributed by atoms with van der Waals surface area (Å²) in [5.41, 5.74) is 0.521. The highest BCUT2D eigenvalue weighted by atomic mass is 32.2. The molecule has 15 heavy (non-hydrogen) atoms. The fourth-order valence-electron chi connectivity index (χ4n) is 1.19. The van der Waals surface area contributed by atoms with Crippen LogP contribution in [0.3, 0.4) is 0 Å². The summed E-state index contributed by atoms with van der Waals surface area (Å²) in [5, 5.41) is 0. The number of aromatic amines is 1. The van der Waals surface area contributed by atoms with Crippen LogP contribution in [0.4, 0.5) is 0 Å². The molecule has 0 amide bonds. The van der Waals surface area contributed by atoms with Gasteiger partial charge in [0.1, 0.15) is 0 Å². The Balaban J connectivity index is 2.51. The zero-order valence-electron chi connectivity index (χ0n) is 9.24. The van der Waals surface area contributed by atoms with Crippen molar-refractivity contribution in [3.05, 3.63) is 18.2 Å². The van der Waals surface area contributed by atoms with Gasteiger partial charge in [0.25, 0.3) is 0 Å². The first-order valence-electron chi connectivity index (χ1n) is 4.73. The van der Waals surface area contributed by atoms with Gasteiger partial charge in [0, 0.05) is 11.9 Å². The van der Waals surface area contributed by atoms with Gasteiger partial charge in [0.2, 0.25) is 10.0 Å². The Morgan fingerprint density at radius 3 is 2.60 bits per heavy atom. The van der Waals surface area contributed by atoms with Crippen LogP contribution >= 0.6 is 0 Å². The highest BCUT2D eigenvalue weighted by Crippen LogP contribution is 2.15. The number of H-pyrrole nitrogens is 1. The van der Waals surface area contributed by atoms with E-state index in [2.05, 4.69) is 14.7 Å². The quantitative estimate of drug-likeness (QED) is 0.807. The van der Waals surface area contributed by atoms with E-state index < -0.39 is 10.0 Å². The van der Waals surface area contributed by atoms with E-state index in [0.717, 1.165) is 5.69 Å². The number of aromatic nitrogens is 2. The smallest absolute Gasteiger partial charge is 0.212 e. The molecule has 0 radical (unpaired) electrons. The van der Waals surface area contributed by atoms with Crippen molar-refractivity contribution < 1.29 is 8.42 Å². The summed E-state index contributed by atoms with van der Waals surface area (Å²) in [6.07, 6.45) is 3.12. The Hall–Kier alpha value is -0.880. The van der Waals surface area contributed by atoms with Gasteiger partial charge in [0.15, 0.2) is 0 Å². The molecule has 1 aromatic rings. The van der Waals surface area contributed by atoms with Gasteiger partial charge in [-0.2, -0.15) is 0 Å². The maximum atomic E-state index is 11.6. The Morgan fingerprint density at radius 1 is 1.47 bits per heavy atom. The summed E-state index contributed by atoms with van der Waals surface area (Å²) in [5.74, 6) is 0.119. The summed E-state index contributed by atoms with van der Waals surface area (Å²) in [6.45, 7) is 5.94. The summed E-state index contributed by atoms with van der Waals surface area (Å²) in [4.78, 5) is 6.64. The molecule has 0 fully saturated rings. The Bertz CT molecular complexity index is 389. The van der Waals surface area contributed by atoms with Gasteiger partial charge in [-0.25, -0.2) is 18.1 Å². The van der Waals surface area contributed by atoms with Crippen molar-refractivity contribution in [2.45, 2.75) is 27.3 Å². The first-order valence-corrected chi connectivity index (χ1v) is 6.38. The van der Waals surface area contributed by atoms with Gasteiger partial charge in [-0.05, 0) is 5.41 Å². The van der Waals surface area contributed by atoms with Crippen molar-refractivity contribution in [1.29, 1.82) is 0 Å². The molecule has 0 aliphatic heterocycles. The molecule has 0 aliphatic carbocycles. The van der Waals surface area contributed by atoms with Crippen molar-refractivity contribution in [2.75, 3.05) is 5.75 Å². The molecule has 0 aromatic carbocycles.